The van der Waals surface area contributed by atoms with Crippen LogP contribution in [0.25, 0.3) is 0 Å². The molecule has 0 amide bonds. The van der Waals surface area contributed by atoms with Crippen LogP contribution >= 0.6 is 0 Å². The van der Waals surface area contributed by atoms with Crippen LogP contribution in [0.5, 0.6) is 0 Å². The van der Waals surface area contributed by atoms with Gasteiger partial charge < -0.3 is 4.55 Å². The zero-order valence-electron chi connectivity index (χ0n) is 11.1. The van der Waals surface area contributed by atoms with Crippen LogP contribution in [0.4, 0.5) is 0 Å². The molecular formula is C10H22NNaO3S2. The van der Waals surface area contributed by atoms with Crippen molar-refractivity contribution in [2.24, 2.45) is 0 Å². The van der Waals surface area contributed by atoms with E-state index in [9.17, 15) is 8.76 Å². The van der Waals surface area contributed by atoms with Crippen LogP contribution in [-0.2, 0) is 24.4 Å². The predicted octanol–water partition coefficient (Wildman–Crippen LogP) is -0.905. The molecule has 0 aliphatic heterocycles. The summed E-state index contributed by atoms with van der Waals surface area (Å²) in [7, 11) is -3.76. The van der Waals surface area contributed by atoms with Crippen molar-refractivity contribution < 1.29 is 42.5 Å². The second-order valence-electron chi connectivity index (χ2n) is 3.87. The molecule has 0 rings (SSSR count). The second kappa shape index (κ2) is 12.3. The van der Waals surface area contributed by atoms with Gasteiger partial charge in [0, 0.05) is 0 Å². The molecule has 0 aromatic heterocycles. The average molecular weight is 291 g/mol. The molecule has 4 nitrogen and oxygen atoms in total. The Labute approximate surface area is 132 Å². The summed E-state index contributed by atoms with van der Waals surface area (Å²) < 4.78 is 25.8. The zero-order chi connectivity index (χ0) is 12.4. The predicted molar refractivity (Wildman–Crippen MR) is 68.2 cm³/mol. The van der Waals surface area contributed by atoms with Crippen molar-refractivity contribution in [3.63, 3.8) is 0 Å². The molecule has 0 heterocycles. The Morgan fingerprint density at radius 3 is 2.35 bits per heavy atom. The van der Waals surface area contributed by atoms with E-state index < -0.39 is 15.3 Å². The largest absolute Gasteiger partial charge is 1.00 e. The first-order chi connectivity index (χ1) is 7.45. The molecule has 17 heavy (non-hydrogen) atoms. The molecule has 0 saturated carbocycles. The van der Waals surface area contributed by atoms with E-state index in [0.29, 0.717) is 0 Å². The summed E-state index contributed by atoms with van der Waals surface area (Å²) in [6, 6.07) is 0. The molecule has 0 aromatic carbocycles. The molecule has 2 atom stereocenters. The molecule has 98 valence electrons. The van der Waals surface area contributed by atoms with E-state index in [1.807, 2.05) is 0 Å². The van der Waals surface area contributed by atoms with Crippen molar-refractivity contribution in [1.82, 2.24) is 5.32 Å². The summed E-state index contributed by atoms with van der Waals surface area (Å²) in [4.78, 5) is 0. The summed E-state index contributed by atoms with van der Waals surface area (Å²) in [5, 5.41) is 2.96. The first-order valence-corrected chi connectivity index (χ1v) is 8.16. The summed E-state index contributed by atoms with van der Waals surface area (Å²) in [6.45, 7) is 4.59. The minimum atomic E-state index is -3.76. The molecule has 1 N–H and O–H groups in total. The van der Waals surface area contributed by atoms with Gasteiger partial charge in [-0.3, -0.25) is 9.50 Å². The van der Waals surface area contributed by atoms with Crippen LogP contribution in [0, 0.1) is 0 Å². The van der Waals surface area contributed by atoms with Crippen molar-refractivity contribution in [2.75, 3.05) is 6.54 Å². The third-order valence-electron chi connectivity index (χ3n) is 2.22. The van der Waals surface area contributed by atoms with Gasteiger partial charge in [-0.2, -0.15) is 0 Å². The van der Waals surface area contributed by atoms with E-state index in [-0.39, 0.29) is 29.6 Å². The average Bonchev–Trinajstić information content (AvgIpc) is 2.13. The number of nitrogens with one attached hydrogen (secondary N) is 1. The minimum Gasteiger partial charge on any atom is -0.748 e. The second-order valence-corrected chi connectivity index (χ2v) is 6.10. The van der Waals surface area contributed by atoms with Gasteiger partial charge in [0.25, 0.3) is 0 Å². The Bertz CT molecular complexity index is 260. The van der Waals surface area contributed by atoms with Crippen molar-refractivity contribution in [3.8, 4) is 0 Å². The Morgan fingerprint density at radius 2 is 1.82 bits per heavy atom. The quantitative estimate of drug-likeness (QED) is 0.321. The molecule has 0 fully saturated rings. The van der Waals surface area contributed by atoms with Gasteiger partial charge in [0.2, 0.25) is 0 Å². The smallest absolute Gasteiger partial charge is 0.748 e. The van der Waals surface area contributed by atoms with Crippen molar-refractivity contribution >= 4 is 20.2 Å². The molecule has 0 aliphatic rings. The molecule has 0 bridgehead atoms. The number of hydrogen-bond acceptors (Lipinski definition) is 5. The Hall–Kier alpha value is 1.25. The van der Waals surface area contributed by atoms with Crippen molar-refractivity contribution in [1.29, 1.82) is 0 Å². The van der Waals surface area contributed by atoms with Gasteiger partial charge in [-0.1, -0.05) is 39.0 Å². The van der Waals surface area contributed by atoms with Crippen LogP contribution in [0.1, 0.15) is 52.4 Å². The molecule has 0 spiro atoms. The molecule has 0 aliphatic carbocycles. The van der Waals surface area contributed by atoms with E-state index in [4.69, 9.17) is 0 Å². The van der Waals surface area contributed by atoms with Gasteiger partial charge in [0.05, 0.1) is 9.05 Å². The fraction of sp³-hybridized carbons (Fsp3) is 1.00. The minimum absolute atomic E-state index is 0. The van der Waals surface area contributed by atoms with Gasteiger partial charge in [-0.25, -0.2) is 4.21 Å². The van der Waals surface area contributed by atoms with Gasteiger partial charge in [-0.05, 0) is 31.1 Å². The summed E-state index contributed by atoms with van der Waals surface area (Å²) >= 11 is 4.12. The fourth-order valence-corrected chi connectivity index (χ4v) is 2.20. The monoisotopic (exact) mass is 291 g/mol. The Kier molecular flexibility index (Phi) is 14.9. The van der Waals surface area contributed by atoms with Crippen LogP contribution in [0.3, 0.4) is 0 Å². The molecule has 7 heteroatoms. The standard InChI is InChI=1S/C10H23NO3S2.Na/c1-3-4-5-6-7-8-9-11-10(2)14-16(12,13)15;/h10-11H,3-9H2,1-2H3,(H,12,13,15);/q;+1/p-1. The number of rotatable bonds is 10. The van der Waals surface area contributed by atoms with Gasteiger partial charge in [-0.15, -0.1) is 0 Å². The maximum atomic E-state index is 10.6. The topological polar surface area (TPSA) is 61.4 Å². The van der Waals surface area contributed by atoms with Crippen molar-refractivity contribution in [2.45, 2.75) is 58.6 Å². The molecule has 0 radical (unpaired) electrons. The van der Waals surface area contributed by atoms with Crippen LogP contribution in [-0.4, -0.2) is 21.5 Å². The van der Waals surface area contributed by atoms with E-state index >= 15 is 0 Å². The van der Waals surface area contributed by atoms with E-state index in [1.165, 1.54) is 32.1 Å². The fourth-order valence-electron chi connectivity index (χ4n) is 1.42. The Balaban J connectivity index is 0. The van der Waals surface area contributed by atoms with Gasteiger partial charge in [0.15, 0.2) is 0 Å². The third kappa shape index (κ3) is 17.2. The van der Waals surface area contributed by atoms with E-state index in [1.54, 1.807) is 6.92 Å². The summed E-state index contributed by atoms with van der Waals surface area (Å²) in [5.74, 6) is 0. The molecule has 2 unspecified atom stereocenters. The normalized spacial score (nSPS) is 15.9. The maximum absolute atomic E-state index is 10.6. The SMILES string of the molecule is CCCCCCCCNC(C)OS(=O)([O-])=S.[Na+]. The summed E-state index contributed by atoms with van der Waals surface area (Å²) in [6.07, 6.45) is 6.74. The first kappa shape index (κ1) is 20.6. The third-order valence-corrected chi connectivity index (χ3v) is 2.98. The zero-order valence-corrected chi connectivity index (χ0v) is 14.7. The van der Waals surface area contributed by atoms with Gasteiger partial charge in [0.1, 0.15) is 6.23 Å². The Morgan fingerprint density at radius 1 is 1.29 bits per heavy atom. The van der Waals surface area contributed by atoms with Crippen LogP contribution < -0.4 is 34.9 Å². The number of hydrogen-bond donors (Lipinski definition) is 1. The van der Waals surface area contributed by atoms with Gasteiger partial charge >= 0.3 is 29.6 Å². The van der Waals surface area contributed by atoms with Crippen molar-refractivity contribution in [3.05, 3.63) is 0 Å². The molecular weight excluding hydrogens is 269 g/mol. The maximum Gasteiger partial charge on any atom is 1.00 e. The van der Waals surface area contributed by atoms with Crippen LogP contribution in [0.15, 0.2) is 0 Å². The molecule has 0 aromatic rings. The number of unbranched alkanes of at least 4 members (excludes halogenated alkanes) is 5. The van der Waals surface area contributed by atoms with Crippen LogP contribution in [0.2, 0.25) is 0 Å². The first-order valence-electron chi connectivity index (χ1n) is 5.83. The van der Waals surface area contributed by atoms with E-state index in [0.717, 1.165) is 13.0 Å². The van der Waals surface area contributed by atoms with E-state index in [2.05, 4.69) is 27.6 Å². The molecule has 0 saturated heterocycles. The summed E-state index contributed by atoms with van der Waals surface area (Å²) in [5.41, 5.74) is 0.